The van der Waals surface area contributed by atoms with Gasteiger partial charge in [-0.2, -0.15) is 0 Å². The van der Waals surface area contributed by atoms with Gasteiger partial charge >= 0.3 is 5.82 Å². The molecule has 0 fully saturated rings. The van der Waals surface area contributed by atoms with Gasteiger partial charge in [0, 0.05) is 12.1 Å². The summed E-state index contributed by atoms with van der Waals surface area (Å²) >= 11 is 0. The molecule has 2 N–H and O–H groups in total. The average Bonchev–Trinajstić information content (AvgIpc) is 3.03. The zero-order chi connectivity index (χ0) is 18.6. The fraction of sp³-hybridized carbons (Fsp3) is 0.167. The Balaban J connectivity index is 2.22. The maximum absolute atomic E-state index is 12.2. The van der Waals surface area contributed by atoms with Gasteiger partial charge in [-0.3, -0.25) is 14.9 Å². The van der Waals surface area contributed by atoms with Crippen LogP contribution in [-0.2, 0) is 0 Å². The summed E-state index contributed by atoms with van der Waals surface area (Å²) < 4.78 is 29.1. The van der Waals surface area contributed by atoms with Crippen molar-refractivity contribution in [2.45, 2.75) is 6.43 Å². The zero-order valence-electron chi connectivity index (χ0n) is 12.1. The Morgan fingerprint density at radius 1 is 1.24 bits per heavy atom. The van der Waals surface area contributed by atoms with Gasteiger partial charge in [-0.25, -0.2) is 8.78 Å². The lowest BCUT2D eigenvalue weighted by Gasteiger charge is -2.08. The van der Waals surface area contributed by atoms with E-state index in [1.807, 2.05) is 5.10 Å². The molecule has 25 heavy (non-hydrogen) atoms. The molecular weight excluding hydrogens is 348 g/mol. The van der Waals surface area contributed by atoms with E-state index in [0.29, 0.717) is 0 Å². The number of alkyl halides is 2. The molecule has 1 aromatic carbocycles. The molecular formula is C12H9F2N5O6. The van der Waals surface area contributed by atoms with Crippen LogP contribution in [0.4, 0.5) is 26.0 Å². The number of nitrogens with one attached hydrogen (secondary N) is 2. The van der Waals surface area contributed by atoms with E-state index in [1.165, 1.54) is 0 Å². The van der Waals surface area contributed by atoms with Crippen molar-refractivity contribution >= 4 is 23.1 Å². The highest BCUT2D eigenvalue weighted by Crippen LogP contribution is 2.27. The van der Waals surface area contributed by atoms with Crippen LogP contribution >= 0.6 is 0 Å². The number of anilines is 1. The van der Waals surface area contributed by atoms with E-state index >= 15 is 0 Å². The van der Waals surface area contributed by atoms with Crippen molar-refractivity contribution in [1.82, 2.24) is 10.2 Å². The summed E-state index contributed by atoms with van der Waals surface area (Å²) in [6.07, 6.45) is -2.79. The molecule has 2 rings (SSSR count). The van der Waals surface area contributed by atoms with Crippen molar-refractivity contribution in [3.05, 3.63) is 50.2 Å². The Labute approximate surface area is 136 Å². The smallest absolute Gasteiger partial charge is 0.343 e. The standard InChI is InChI=1S/C12H9F2N5O6/c13-10(14)5-25-8-2-6(1-7(3-8)18(21)22)15-12(20)9-4-11(17-16-9)19(23)24/h1-4,10H,5H2,(H,15,20)(H,16,17). The van der Waals surface area contributed by atoms with Crippen molar-refractivity contribution in [1.29, 1.82) is 0 Å². The number of nitro benzene ring substituents is 1. The third kappa shape index (κ3) is 4.66. The summed E-state index contributed by atoms with van der Waals surface area (Å²) in [4.78, 5) is 31.8. The first-order valence-corrected chi connectivity index (χ1v) is 6.48. The Kier molecular flexibility index (Phi) is 5.16. The molecule has 0 atom stereocenters. The monoisotopic (exact) mass is 357 g/mol. The van der Waals surface area contributed by atoms with Crippen LogP contribution in [0.5, 0.6) is 5.75 Å². The minimum Gasteiger partial charge on any atom is -0.487 e. The molecule has 13 heteroatoms. The highest BCUT2D eigenvalue weighted by molar-refractivity contribution is 6.03. The Hall–Kier alpha value is -3.64. The van der Waals surface area contributed by atoms with Crippen molar-refractivity contribution in [3.8, 4) is 5.75 Å². The van der Waals surface area contributed by atoms with Gasteiger partial charge in [0.25, 0.3) is 18.0 Å². The molecule has 0 saturated carbocycles. The van der Waals surface area contributed by atoms with Crippen LogP contribution in [0.1, 0.15) is 10.5 Å². The van der Waals surface area contributed by atoms with E-state index in [4.69, 9.17) is 4.74 Å². The van der Waals surface area contributed by atoms with E-state index in [9.17, 15) is 33.8 Å². The Bertz CT molecular complexity index is 824. The molecule has 0 aliphatic heterocycles. The summed E-state index contributed by atoms with van der Waals surface area (Å²) in [6, 6.07) is 3.83. The van der Waals surface area contributed by atoms with Gasteiger partial charge in [-0.05, 0) is 4.92 Å². The second-order valence-electron chi connectivity index (χ2n) is 4.52. The van der Waals surface area contributed by atoms with E-state index in [-0.39, 0.29) is 17.1 Å². The van der Waals surface area contributed by atoms with Crippen LogP contribution in [0.3, 0.4) is 0 Å². The number of H-pyrrole nitrogens is 1. The van der Waals surface area contributed by atoms with E-state index in [0.717, 1.165) is 24.3 Å². The first kappa shape index (κ1) is 17.7. The number of aromatic nitrogens is 2. The van der Waals surface area contributed by atoms with Gasteiger partial charge in [0.2, 0.25) is 0 Å². The van der Waals surface area contributed by atoms with Gasteiger partial charge in [0.05, 0.1) is 22.7 Å². The molecule has 1 aromatic heterocycles. The van der Waals surface area contributed by atoms with Crippen LogP contribution in [0.2, 0.25) is 0 Å². The molecule has 0 aliphatic rings. The second kappa shape index (κ2) is 7.29. The number of non-ortho nitro benzene ring substituents is 1. The zero-order valence-corrected chi connectivity index (χ0v) is 12.1. The molecule has 2 aromatic rings. The lowest BCUT2D eigenvalue weighted by atomic mass is 10.2. The molecule has 0 saturated heterocycles. The van der Waals surface area contributed by atoms with Gasteiger partial charge in [0.15, 0.2) is 5.69 Å². The van der Waals surface area contributed by atoms with Gasteiger partial charge in [-0.15, -0.1) is 5.10 Å². The van der Waals surface area contributed by atoms with Crippen molar-refractivity contribution < 1.29 is 28.2 Å². The molecule has 0 bridgehead atoms. The van der Waals surface area contributed by atoms with Crippen LogP contribution in [0.15, 0.2) is 24.3 Å². The Morgan fingerprint density at radius 2 is 1.96 bits per heavy atom. The number of ether oxygens (including phenoxy) is 1. The maximum Gasteiger partial charge on any atom is 0.343 e. The molecule has 0 unspecified atom stereocenters. The molecule has 1 amide bonds. The van der Waals surface area contributed by atoms with Crippen LogP contribution in [0, 0.1) is 20.2 Å². The Morgan fingerprint density at radius 3 is 2.52 bits per heavy atom. The summed E-state index contributed by atoms with van der Waals surface area (Å²) in [5.74, 6) is -1.67. The maximum atomic E-state index is 12.2. The van der Waals surface area contributed by atoms with E-state index in [2.05, 4.69) is 10.4 Å². The lowest BCUT2D eigenvalue weighted by Crippen LogP contribution is -2.13. The second-order valence-corrected chi connectivity index (χ2v) is 4.52. The van der Waals surface area contributed by atoms with Crippen LogP contribution in [0.25, 0.3) is 0 Å². The average molecular weight is 357 g/mol. The molecule has 132 valence electrons. The number of hydrogen-bond acceptors (Lipinski definition) is 7. The number of rotatable bonds is 7. The van der Waals surface area contributed by atoms with E-state index in [1.54, 1.807) is 0 Å². The van der Waals surface area contributed by atoms with Crippen molar-refractivity contribution in [2.24, 2.45) is 0 Å². The van der Waals surface area contributed by atoms with Crippen LogP contribution in [-0.4, -0.2) is 39.0 Å². The predicted molar refractivity (Wildman–Crippen MR) is 77.8 cm³/mol. The van der Waals surface area contributed by atoms with Gasteiger partial charge in [0.1, 0.15) is 12.4 Å². The SMILES string of the molecule is O=C(Nc1cc(OCC(F)F)cc([N+](=O)[O-])c1)c1cc([N+](=O)[O-])[nH]n1. The van der Waals surface area contributed by atoms with Gasteiger partial charge in [-0.1, -0.05) is 5.10 Å². The molecule has 0 aliphatic carbocycles. The molecule has 11 nitrogen and oxygen atoms in total. The third-order valence-corrected chi connectivity index (χ3v) is 2.73. The first-order chi connectivity index (χ1) is 11.8. The number of carbonyl (C=O) groups is 1. The largest absolute Gasteiger partial charge is 0.487 e. The topological polar surface area (TPSA) is 153 Å². The number of amides is 1. The summed E-state index contributed by atoms with van der Waals surface area (Å²) in [6.45, 7) is -0.986. The highest BCUT2D eigenvalue weighted by Gasteiger charge is 2.19. The molecule has 0 spiro atoms. The number of halogens is 2. The lowest BCUT2D eigenvalue weighted by molar-refractivity contribution is -0.389. The number of carbonyl (C=O) groups excluding carboxylic acids is 1. The quantitative estimate of drug-likeness (QED) is 0.568. The third-order valence-electron chi connectivity index (χ3n) is 2.73. The highest BCUT2D eigenvalue weighted by atomic mass is 19.3. The summed E-state index contributed by atoms with van der Waals surface area (Å²) in [5, 5.41) is 29.1. The summed E-state index contributed by atoms with van der Waals surface area (Å²) in [7, 11) is 0. The minimum atomic E-state index is -2.79. The van der Waals surface area contributed by atoms with Gasteiger partial charge < -0.3 is 20.2 Å². The van der Waals surface area contributed by atoms with Crippen LogP contribution < -0.4 is 10.1 Å². The minimum absolute atomic E-state index is 0.130. The molecule has 1 heterocycles. The first-order valence-electron chi connectivity index (χ1n) is 6.48. The number of hydrogen-bond donors (Lipinski definition) is 2. The summed E-state index contributed by atoms with van der Waals surface area (Å²) in [5.41, 5.74) is -0.975. The van der Waals surface area contributed by atoms with E-state index < -0.39 is 40.3 Å². The number of nitrogens with zero attached hydrogens (tertiary/aromatic N) is 3. The number of benzene rings is 1. The normalized spacial score (nSPS) is 10.5. The number of aromatic amines is 1. The van der Waals surface area contributed by atoms with Crippen molar-refractivity contribution in [3.63, 3.8) is 0 Å². The predicted octanol–water partition coefficient (Wildman–Crippen LogP) is 2.12. The fourth-order valence-corrected chi connectivity index (χ4v) is 1.72. The molecule has 0 radical (unpaired) electrons. The van der Waals surface area contributed by atoms with Crippen molar-refractivity contribution in [2.75, 3.05) is 11.9 Å². The number of nitro groups is 2. The fourth-order valence-electron chi connectivity index (χ4n) is 1.72.